The number of ketones is 1. The molecule has 32 heavy (non-hydrogen) atoms. The molecular weight excluding hydrogens is 418 g/mol. The van der Waals surface area contributed by atoms with Crippen LogP contribution in [0.2, 0.25) is 0 Å². The average Bonchev–Trinajstić information content (AvgIpc) is 3.19. The zero-order chi connectivity index (χ0) is 23.3. The maximum Gasteiger partial charge on any atom is 0.303 e. The molecule has 10 nitrogen and oxygen atoms in total. The number of carbonyl (C=O) groups excluding carboxylic acids is 3. The van der Waals surface area contributed by atoms with Crippen LogP contribution in [0.25, 0.3) is 5.69 Å². The van der Waals surface area contributed by atoms with Crippen LogP contribution in [0.1, 0.15) is 41.2 Å². The highest BCUT2D eigenvalue weighted by molar-refractivity contribution is 6.11. The maximum absolute atomic E-state index is 13.2. The summed E-state index contributed by atoms with van der Waals surface area (Å²) in [5, 5.41) is 15.7. The number of carbonyl (C=O) groups is 3. The van der Waals surface area contributed by atoms with Crippen molar-refractivity contribution in [3.63, 3.8) is 0 Å². The highest BCUT2D eigenvalue weighted by Crippen LogP contribution is 2.26. The minimum atomic E-state index is -0.597. The molecule has 1 aromatic heterocycles. The highest BCUT2D eigenvalue weighted by Gasteiger charge is 2.22. The molecule has 0 N–H and O–H groups in total. The summed E-state index contributed by atoms with van der Waals surface area (Å²) in [6, 6.07) is 13.7. The summed E-state index contributed by atoms with van der Waals surface area (Å²) in [5.41, 5.74) is 1.10. The van der Waals surface area contributed by atoms with Gasteiger partial charge in [0.25, 0.3) is 5.69 Å². The van der Waals surface area contributed by atoms with Crippen LogP contribution < -0.4 is 0 Å². The van der Waals surface area contributed by atoms with Crippen molar-refractivity contribution in [3.8, 4) is 5.69 Å². The minimum Gasteiger partial charge on any atom is -0.459 e. The summed E-state index contributed by atoms with van der Waals surface area (Å²) in [5.74, 6) is -1.47. The van der Waals surface area contributed by atoms with Crippen molar-refractivity contribution in [2.75, 3.05) is 0 Å². The van der Waals surface area contributed by atoms with Crippen molar-refractivity contribution in [1.82, 2.24) is 9.78 Å². The van der Waals surface area contributed by atoms with E-state index in [1.807, 2.05) is 0 Å². The Labute approximate surface area is 182 Å². The molecular formula is C22H19N3O7. The Morgan fingerprint density at radius 3 is 2.25 bits per heavy atom. The number of non-ortho nitro benzene ring substituents is 1. The topological polar surface area (TPSA) is 131 Å². The van der Waals surface area contributed by atoms with Gasteiger partial charge in [0.2, 0.25) is 0 Å². The highest BCUT2D eigenvalue weighted by atomic mass is 16.6. The number of esters is 2. The van der Waals surface area contributed by atoms with Crippen LogP contribution >= 0.6 is 0 Å². The molecule has 0 radical (unpaired) electrons. The fraction of sp³-hybridized carbons (Fsp3) is 0.182. The van der Waals surface area contributed by atoms with Crippen LogP contribution in [-0.2, 0) is 32.3 Å². The van der Waals surface area contributed by atoms with Crippen LogP contribution in [0.5, 0.6) is 0 Å². The number of hydrogen-bond donors (Lipinski definition) is 0. The van der Waals surface area contributed by atoms with Gasteiger partial charge in [0.15, 0.2) is 5.78 Å². The summed E-state index contributed by atoms with van der Waals surface area (Å²) in [6.07, 6.45) is 0. The third-order valence-electron chi connectivity index (χ3n) is 4.38. The lowest BCUT2D eigenvalue weighted by molar-refractivity contribution is -0.384. The first-order valence-electron chi connectivity index (χ1n) is 9.49. The second-order valence-corrected chi connectivity index (χ2v) is 6.75. The normalized spacial score (nSPS) is 10.4. The second kappa shape index (κ2) is 9.65. The van der Waals surface area contributed by atoms with Crippen LogP contribution in [-0.4, -0.2) is 32.4 Å². The van der Waals surface area contributed by atoms with Crippen molar-refractivity contribution in [2.24, 2.45) is 0 Å². The number of nitro benzene ring substituents is 1. The van der Waals surface area contributed by atoms with Crippen molar-refractivity contribution in [3.05, 3.63) is 87.2 Å². The van der Waals surface area contributed by atoms with Gasteiger partial charge in [-0.05, 0) is 12.1 Å². The summed E-state index contributed by atoms with van der Waals surface area (Å²) >= 11 is 0. The quantitative estimate of drug-likeness (QED) is 0.227. The molecule has 10 heteroatoms. The zero-order valence-electron chi connectivity index (χ0n) is 17.3. The van der Waals surface area contributed by atoms with Gasteiger partial charge < -0.3 is 9.47 Å². The monoisotopic (exact) mass is 437 g/mol. The molecule has 0 amide bonds. The smallest absolute Gasteiger partial charge is 0.303 e. The first kappa shape index (κ1) is 22.3. The van der Waals surface area contributed by atoms with E-state index in [0.29, 0.717) is 17.0 Å². The molecule has 0 atom stereocenters. The molecule has 2 aromatic carbocycles. The fourth-order valence-corrected chi connectivity index (χ4v) is 2.96. The predicted molar refractivity (Wildman–Crippen MR) is 111 cm³/mol. The molecule has 0 aliphatic rings. The number of rotatable bonds is 8. The van der Waals surface area contributed by atoms with Crippen LogP contribution in [0, 0.1) is 10.1 Å². The second-order valence-electron chi connectivity index (χ2n) is 6.75. The Balaban J connectivity index is 2.14. The van der Waals surface area contributed by atoms with E-state index in [0.717, 1.165) is 0 Å². The maximum atomic E-state index is 13.2. The number of nitrogens with zero attached hydrogens (tertiary/aromatic N) is 3. The van der Waals surface area contributed by atoms with Gasteiger partial charge in [-0.3, -0.25) is 24.5 Å². The molecule has 0 aliphatic carbocycles. The average molecular weight is 437 g/mol. The van der Waals surface area contributed by atoms with Crippen molar-refractivity contribution in [1.29, 1.82) is 0 Å². The number of aromatic nitrogens is 2. The number of nitro groups is 1. The third kappa shape index (κ3) is 5.22. The molecule has 0 spiro atoms. The molecule has 0 bridgehead atoms. The van der Waals surface area contributed by atoms with Crippen LogP contribution in [0.3, 0.4) is 0 Å². The third-order valence-corrected chi connectivity index (χ3v) is 4.38. The van der Waals surface area contributed by atoms with E-state index in [-0.39, 0.29) is 30.2 Å². The van der Waals surface area contributed by atoms with E-state index >= 15 is 0 Å². The zero-order valence-corrected chi connectivity index (χ0v) is 17.3. The van der Waals surface area contributed by atoms with Gasteiger partial charge in [0.05, 0.1) is 21.9 Å². The van der Waals surface area contributed by atoms with E-state index in [1.165, 1.54) is 36.7 Å². The van der Waals surface area contributed by atoms with Gasteiger partial charge in [-0.25, -0.2) is 4.68 Å². The van der Waals surface area contributed by atoms with Crippen LogP contribution in [0.4, 0.5) is 5.69 Å². The lowest BCUT2D eigenvalue weighted by Gasteiger charge is -2.12. The Hall–Kier alpha value is -4.34. The molecule has 0 unspecified atom stereocenters. The summed E-state index contributed by atoms with van der Waals surface area (Å²) in [4.78, 5) is 46.4. The van der Waals surface area contributed by atoms with Crippen LogP contribution in [0.15, 0.2) is 54.6 Å². The van der Waals surface area contributed by atoms with Gasteiger partial charge in [-0.1, -0.05) is 30.3 Å². The van der Waals surface area contributed by atoms with E-state index in [2.05, 4.69) is 5.10 Å². The SMILES string of the molecule is CC(=O)OCc1cc(COC(C)=O)n(-c2ccc([N+](=O)[O-])cc2C(=O)c2ccccc2)n1. The van der Waals surface area contributed by atoms with E-state index in [4.69, 9.17) is 9.47 Å². The van der Waals surface area contributed by atoms with Gasteiger partial charge in [0, 0.05) is 31.5 Å². The summed E-state index contributed by atoms with van der Waals surface area (Å²) < 4.78 is 11.4. The van der Waals surface area contributed by atoms with Crippen molar-refractivity contribution in [2.45, 2.75) is 27.1 Å². The van der Waals surface area contributed by atoms with Crippen molar-refractivity contribution < 1.29 is 28.8 Å². The first-order valence-corrected chi connectivity index (χ1v) is 9.49. The van der Waals surface area contributed by atoms with Gasteiger partial charge in [0.1, 0.15) is 18.9 Å². The standard InChI is InChI=1S/C22H19N3O7/c1-14(26)31-12-17-10-19(13-32-15(2)27)24(23-17)21-9-8-18(25(29)30)11-20(21)22(28)16-6-4-3-5-7-16/h3-11H,12-13H2,1-2H3. The van der Waals surface area contributed by atoms with E-state index in [1.54, 1.807) is 36.4 Å². The molecule has 1 heterocycles. The molecule has 0 aliphatic heterocycles. The lowest BCUT2D eigenvalue weighted by Crippen LogP contribution is -2.12. The molecule has 3 rings (SSSR count). The predicted octanol–water partition coefficient (Wildman–Crippen LogP) is 3.14. The minimum absolute atomic E-state index is 0.0385. The number of ether oxygens (including phenoxy) is 2. The molecule has 0 saturated carbocycles. The van der Waals surface area contributed by atoms with Gasteiger partial charge in [-0.2, -0.15) is 5.10 Å². The summed E-state index contributed by atoms with van der Waals surface area (Å²) in [6.45, 7) is 2.20. The van der Waals surface area contributed by atoms with Crippen molar-refractivity contribution >= 4 is 23.4 Å². The summed E-state index contributed by atoms with van der Waals surface area (Å²) in [7, 11) is 0. The molecule has 0 fully saturated rings. The Kier molecular flexibility index (Phi) is 6.74. The number of hydrogen-bond acceptors (Lipinski definition) is 8. The Morgan fingerprint density at radius 2 is 1.62 bits per heavy atom. The fourth-order valence-electron chi connectivity index (χ4n) is 2.96. The van der Waals surface area contributed by atoms with Gasteiger partial charge in [-0.15, -0.1) is 0 Å². The first-order chi connectivity index (χ1) is 15.3. The van der Waals surface area contributed by atoms with E-state index in [9.17, 15) is 24.5 Å². The number of benzene rings is 2. The Morgan fingerprint density at radius 1 is 0.969 bits per heavy atom. The Bertz CT molecular complexity index is 1190. The van der Waals surface area contributed by atoms with Gasteiger partial charge >= 0.3 is 11.9 Å². The lowest BCUT2D eigenvalue weighted by atomic mass is 10.0. The largest absolute Gasteiger partial charge is 0.459 e. The van der Waals surface area contributed by atoms with E-state index < -0.39 is 22.6 Å². The molecule has 164 valence electrons. The molecule has 3 aromatic rings. The molecule has 0 saturated heterocycles.